The lowest BCUT2D eigenvalue weighted by atomic mass is 9.61. The highest BCUT2D eigenvalue weighted by Crippen LogP contribution is 2.50. The van der Waals surface area contributed by atoms with Crippen molar-refractivity contribution in [2.24, 2.45) is 0 Å². The largest absolute Gasteiger partial charge is 0.507 e. The van der Waals surface area contributed by atoms with Crippen LogP contribution in [0, 0.1) is 6.92 Å². The van der Waals surface area contributed by atoms with Crippen LogP contribution in [0.25, 0.3) is 11.1 Å². The molecule has 0 radical (unpaired) electrons. The fourth-order valence-electron chi connectivity index (χ4n) is 4.73. The van der Waals surface area contributed by atoms with Crippen LogP contribution in [0.15, 0.2) is 60.7 Å². The van der Waals surface area contributed by atoms with Crippen LogP contribution in [0.5, 0.6) is 5.75 Å². The third-order valence-electron chi connectivity index (χ3n) is 6.98. The van der Waals surface area contributed by atoms with Crippen LogP contribution in [0.4, 0.5) is 4.39 Å². The van der Waals surface area contributed by atoms with E-state index in [1.54, 1.807) is 61.5 Å². The van der Waals surface area contributed by atoms with Gasteiger partial charge < -0.3 is 9.84 Å². The average molecular weight is 461 g/mol. The van der Waals surface area contributed by atoms with E-state index in [0.717, 1.165) is 16.7 Å². The number of aromatic hydroxyl groups is 1. The zero-order chi connectivity index (χ0) is 24.8. The zero-order valence-electron chi connectivity index (χ0n) is 20.1. The van der Waals surface area contributed by atoms with Gasteiger partial charge >= 0.3 is 11.9 Å². The number of esters is 2. The lowest BCUT2D eigenvalue weighted by Gasteiger charge is -2.44. The number of ether oxygens (including phenoxy) is 1. The van der Waals surface area contributed by atoms with E-state index in [-0.39, 0.29) is 16.7 Å². The van der Waals surface area contributed by atoms with Gasteiger partial charge in [0.2, 0.25) is 0 Å². The Labute approximate surface area is 199 Å². The van der Waals surface area contributed by atoms with E-state index in [0.29, 0.717) is 23.1 Å². The Balaban J connectivity index is 1.67. The lowest BCUT2D eigenvalue weighted by molar-refractivity contribution is 0.0397. The third kappa shape index (κ3) is 4.11. The number of phenols is 1. The Morgan fingerprint density at radius 3 is 2.26 bits per heavy atom. The van der Waals surface area contributed by atoms with E-state index >= 15 is 0 Å². The van der Waals surface area contributed by atoms with E-state index in [1.165, 1.54) is 0 Å². The van der Waals surface area contributed by atoms with E-state index in [9.17, 15) is 19.1 Å². The summed E-state index contributed by atoms with van der Waals surface area (Å²) in [5, 5.41) is 10.9. The van der Waals surface area contributed by atoms with Gasteiger partial charge in [0.05, 0.1) is 11.1 Å². The number of fused-ring (bicyclic) bond motifs is 1. The van der Waals surface area contributed by atoms with Crippen molar-refractivity contribution < 1.29 is 23.8 Å². The number of phenolic OH excluding ortho intramolecular Hbond substituents is 1. The molecule has 1 atom stereocenters. The highest BCUT2D eigenvalue weighted by Gasteiger charge is 2.45. The smallest absolute Gasteiger partial charge is 0.346 e. The Morgan fingerprint density at radius 2 is 1.62 bits per heavy atom. The number of aryl methyl sites for hydroxylation is 1. The summed E-state index contributed by atoms with van der Waals surface area (Å²) in [5.74, 6) is -1.38. The average Bonchev–Trinajstić information content (AvgIpc) is 2.78. The molecule has 1 aliphatic carbocycles. The number of hydrogen-bond acceptors (Lipinski definition) is 4. The lowest BCUT2D eigenvalue weighted by Crippen LogP contribution is -2.42. The summed E-state index contributed by atoms with van der Waals surface area (Å²) < 4.78 is 20.0. The van der Waals surface area contributed by atoms with Gasteiger partial charge in [-0.25, -0.2) is 14.0 Å². The molecule has 0 aromatic heterocycles. The molecule has 0 spiro atoms. The van der Waals surface area contributed by atoms with Crippen LogP contribution in [0.3, 0.4) is 0 Å². The molecular formula is C29H29FO4. The van der Waals surface area contributed by atoms with Gasteiger partial charge in [-0.1, -0.05) is 58.0 Å². The molecule has 0 fully saturated rings. The van der Waals surface area contributed by atoms with Crippen molar-refractivity contribution in [3.8, 4) is 16.9 Å². The van der Waals surface area contributed by atoms with Crippen LogP contribution in [0.1, 0.15) is 71.5 Å². The zero-order valence-corrected chi connectivity index (χ0v) is 20.1. The Morgan fingerprint density at radius 1 is 0.941 bits per heavy atom. The van der Waals surface area contributed by atoms with E-state index in [2.05, 4.69) is 0 Å². The fourth-order valence-corrected chi connectivity index (χ4v) is 4.73. The first-order valence-corrected chi connectivity index (χ1v) is 11.4. The number of benzene rings is 3. The van der Waals surface area contributed by atoms with E-state index in [1.807, 2.05) is 33.8 Å². The summed E-state index contributed by atoms with van der Waals surface area (Å²) in [5.41, 5.74) is 3.26. The molecule has 0 amide bonds. The quantitative estimate of drug-likeness (QED) is 0.351. The highest BCUT2D eigenvalue weighted by atomic mass is 19.1. The van der Waals surface area contributed by atoms with E-state index < -0.39 is 23.5 Å². The van der Waals surface area contributed by atoms with Crippen molar-refractivity contribution in [2.75, 3.05) is 0 Å². The van der Waals surface area contributed by atoms with Gasteiger partial charge in [-0.05, 0) is 71.3 Å². The van der Waals surface area contributed by atoms with Crippen LogP contribution >= 0.6 is 0 Å². The second kappa shape index (κ2) is 8.39. The number of alkyl halides is 1. The van der Waals surface area contributed by atoms with Gasteiger partial charge in [-0.2, -0.15) is 0 Å². The number of hydrogen-bond donors (Lipinski definition) is 1. The highest BCUT2D eigenvalue weighted by molar-refractivity contribution is 6.03. The van der Waals surface area contributed by atoms with Crippen molar-refractivity contribution in [3.63, 3.8) is 0 Å². The molecule has 0 aliphatic heterocycles. The van der Waals surface area contributed by atoms with Crippen molar-refractivity contribution >= 4 is 11.9 Å². The summed E-state index contributed by atoms with van der Waals surface area (Å²) in [6.07, 6.45) is -0.609. The standard InChI is InChI=1S/C29H29FO4/c1-17-13-19(11-12-20(17)27(33)34-26(32)18-9-7-6-8-10-18)21-14-22-23(15-24(21)31)29(4,5)25(30)16-28(22,2)3/h6-15,25,31H,16H2,1-5H3. The Kier molecular flexibility index (Phi) is 5.84. The van der Waals surface area contributed by atoms with Gasteiger partial charge in [-0.3, -0.25) is 0 Å². The van der Waals surface area contributed by atoms with Crippen molar-refractivity contribution in [1.82, 2.24) is 0 Å². The molecule has 0 heterocycles. The first kappa shape index (κ1) is 23.7. The summed E-state index contributed by atoms with van der Waals surface area (Å²) in [7, 11) is 0. The topological polar surface area (TPSA) is 63.6 Å². The van der Waals surface area contributed by atoms with Gasteiger partial charge in [0, 0.05) is 11.0 Å². The molecule has 4 nitrogen and oxygen atoms in total. The first-order valence-electron chi connectivity index (χ1n) is 11.4. The SMILES string of the molecule is Cc1cc(-c2cc3c(cc2O)C(C)(C)C(F)CC3(C)C)ccc1C(=O)OC(=O)c1ccccc1. The van der Waals surface area contributed by atoms with Crippen molar-refractivity contribution in [2.45, 2.75) is 58.0 Å². The molecular weight excluding hydrogens is 431 g/mol. The Bertz CT molecular complexity index is 1270. The van der Waals surface area contributed by atoms with Gasteiger partial charge in [0.15, 0.2) is 0 Å². The minimum atomic E-state index is -1.01. The van der Waals surface area contributed by atoms with Crippen LogP contribution in [0.2, 0.25) is 0 Å². The van der Waals surface area contributed by atoms with Crippen LogP contribution < -0.4 is 0 Å². The summed E-state index contributed by atoms with van der Waals surface area (Å²) >= 11 is 0. The summed E-state index contributed by atoms with van der Waals surface area (Å²) in [4.78, 5) is 24.9. The molecule has 0 bridgehead atoms. The predicted octanol–water partition coefficient (Wildman–Crippen LogP) is 6.66. The van der Waals surface area contributed by atoms with Gasteiger partial charge in [0.25, 0.3) is 0 Å². The third-order valence-corrected chi connectivity index (χ3v) is 6.98. The normalized spacial score (nSPS) is 18.1. The number of halogens is 1. The summed E-state index contributed by atoms with van der Waals surface area (Å²) in [6.45, 7) is 9.52. The first-order chi connectivity index (χ1) is 15.9. The second-order valence-electron chi connectivity index (χ2n) is 10.3. The summed E-state index contributed by atoms with van der Waals surface area (Å²) in [6, 6.07) is 17.0. The Hall–Kier alpha value is -3.47. The van der Waals surface area contributed by atoms with Gasteiger partial charge in [0.1, 0.15) is 11.9 Å². The van der Waals surface area contributed by atoms with Crippen LogP contribution in [-0.4, -0.2) is 23.2 Å². The molecule has 0 saturated carbocycles. The van der Waals surface area contributed by atoms with Crippen LogP contribution in [-0.2, 0) is 15.6 Å². The maximum absolute atomic E-state index is 14.9. The van der Waals surface area contributed by atoms with Crippen molar-refractivity contribution in [1.29, 1.82) is 0 Å². The molecule has 1 unspecified atom stereocenters. The molecule has 1 aliphatic rings. The molecule has 4 rings (SSSR count). The molecule has 176 valence electrons. The number of carbonyl (C=O) groups is 2. The number of rotatable bonds is 3. The van der Waals surface area contributed by atoms with Crippen molar-refractivity contribution in [3.05, 3.63) is 88.5 Å². The molecule has 0 saturated heterocycles. The monoisotopic (exact) mass is 460 g/mol. The molecule has 3 aromatic rings. The fraction of sp³-hybridized carbons (Fsp3) is 0.310. The molecule has 34 heavy (non-hydrogen) atoms. The van der Waals surface area contributed by atoms with Gasteiger partial charge in [-0.15, -0.1) is 0 Å². The minimum Gasteiger partial charge on any atom is -0.507 e. The second-order valence-corrected chi connectivity index (χ2v) is 10.3. The molecule has 1 N–H and O–H groups in total. The maximum atomic E-state index is 14.9. The molecule has 3 aromatic carbocycles. The number of carbonyl (C=O) groups excluding carboxylic acids is 2. The predicted molar refractivity (Wildman–Crippen MR) is 130 cm³/mol. The minimum absolute atomic E-state index is 0.0608. The molecule has 5 heteroatoms. The maximum Gasteiger partial charge on any atom is 0.346 e. The van der Waals surface area contributed by atoms with E-state index in [4.69, 9.17) is 4.74 Å².